The summed E-state index contributed by atoms with van der Waals surface area (Å²) in [6.07, 6.45) is 6.92. The molecule has 224 valence electrons. The summed E-state index contributed by atoms with van der Waals surface area (Å²) in [6, 6.07) is 3.70. The number of allylic oxidation sites excluding steroid dienone is 2. The van der Waals surface area contributed by atoms with E-state index >= 15 is 4.39 Å². The predicted octanol–water partition coefficient (Wildman–Crippen LogP) is 3.96. The number of piperazine rings is 1. The lowest BCUT2D eigenvalue weighted by atomic mass is 9.95. The van der Waals surface area contributed by atoms with Gasteiger partial charge >= 0.3 is 6.01 Å². The standard InChI is InChI=1S/C32H34F2N6O3/c1-2-22-25(42)9-17-8-21(41)10-23(26(17)22)28-27(34)29-24(12-35-28)30(39-14-19-4-5-20(15-39)36-19)38-31(37-29)43-16-32-6-3-7-40(32)13-18(33)11-32/h2,8,10,12,18-20,36,41H,3-7,9,11,13-16H2,1H3/b22-2+/t18-,19-,20+,32+/m1/s1. The number of carbonyl (C=O) groups excluding carboxylic acids is 1. The Balaban J connectivity index is 1.25. The van der Waals surface area contributed by atoms with Crippen LogP contribution in [-0.2, 0) is 11.2 Å². The van der Waals surface area contributed by atoms with Crippen LogP contribution in [0.25, 0.3) is 27.7 Å². The van der Waals surface area contributed by atoms with Gasteiger partial charge in [0.25, 0.3) is 0 Å². The zero-order valence-electron chi connectivity index (χ0n) is 24.1. The monoisotopic (exact) mass is 588 g/mol. The molecule has 9 nitrogen and oxygen atoms in total. The van der Waals surface area contributed by atoms with Gasteiger partial charge in [0.1, 0.15) is 35.6 Å². The number of ketones is 1. The van der Waals surface area contributed by atoms with Gasteiger partial charge in [-0.3, -0.25) is 14.7 Å². The number of nitrogens with one attached hydrogen (secondary N) is 1. The van der Waals surface area contributed by atoms with Crippen LogP contribution in [0.4, 0.5) is 14.6 Å². The second kappa shape index (κ2) is 9.92. The average molecular weight is 589 g/mol. The van der Waals surface area contributed by atoms with Gasteiger partial charge in [-0.1, -0.05) is 6.08 Å². The van der Waals surface area contributed by atoms with Crippen molar-refractivity contribution in [2.45, 2.75) is 69.2 Å². The first-order valence-electron chi connectivity index (χ1n) is 15.3. The van der Waals surface area contributed by atoms with E-state index in [9.17, 15) is 14.3 Å². The zero-order valence-corrected chi connectivity index (χ0v) is 24.1. The number of phenols is 1. The number of aromatic hydroxyl groups is 1. The number of hydrogen-bond donors (Lipinski definition) is 2. The van der Waals surface area contributed by atoms with Gasteiger partial charge in [0.2, 0.25) is 0 Å². The van der Waals surface area contributed by atoms with Crippen LogP contribution >= 0.6 is 0 Å². The molecule has 4 saturated heterocycles. The van der Waals surface area contributed by atoms with Crippen molar-refractivity contribution in [3.8, 4) is 23.0 Å². The van der Waals surface area contributed by atoms with E-state index in [4.69, 9.17) is 9.72 Å². The number of Topliss-reactive ketones (excluding diaryl/α,β-unsaturated/α-hetero) is 1. The molecule has 2 bridgehead atoms. The molecule has 0 radical (unpaired) electrons. The van der Waals surface area contributed by atoms with Gasteiger partial charge in [0.05, 0.1) is 10.9 Å². The van der Waals surface area contributed by atoms with Gasteiger partial charge in [-0.05, 0) is 62.4 Å². The Kier molecular flexibility index (Phi) is 6.20. The molecule has 2 aromatic heterocycles. The Morgan fingerprint density at radius 1 is 1.21 bits per heavy atom. The number of ether oxygens (including phenoxy) is 1. The average Bonchev–Trinajstić information content (AvgIpc) is 3.71. The number of hydrogen-bond acceptors (Lipinski definition) is 9. The molecule has 43 heavy (non-hydrogen) atoms. The topological polar surface area (TPSA) is 104 Å². The third-order valence-electron chi connectivity index (χ3n) is 10.1. The summed E-state index contributed by atoms with van der Waals surface area (Å²) in [6.45, 7) is 4.70. The molecular weight excluding hydrogens is 554 g/mol. The Morgan fingerprint density at radius 3 is 2.81 bits per heavy atom. The summed E-state index contributed by atoms with van der Waals surface area (Å²) in [5, 5.41) is 14.6. The zero-order chi connectivity index (χ0) is 29.5. The Bertz CT molecular complexity index is 1690. The van der Waals surface area contributed by atoms with E-state index in [1.54, 1.807) is 25.3 Å². The highest BCUT2D eigenvalue weighted by Crippen LogP contribution is 2.43. The smallest absolute Gasteiger partial charge is 0.319 e. The molecule has 8 rings (SSSR count). The van der Waals surface area contributed by atoms with E-state index in [0.29, 0.717) is 58.5 Å². The van der Waals surface area contributed by atoms with E-state index in [1.165, 1.54) is 6.07 Å². The maximum absolute atomic E-state index is 16.7. The van der Waals surface area contributed by atoms with Crippen LogP contribution in [0.5, 0.6) is 11.8 Å². The number of halogens is 2. The molecule has 11 heteroatoms. The van der Waals surface area contributed by atoms with Crippen molar-refractivity contribution in [1.29, 1.82) is 0 Å². The molecule has 3 aromatic rings. The maximum Gasteiger partial charge on any atom is 0.319 e. The van der Waals surface area contributed by atoms with Gasteiger partial charge in [-0.25, -0.2) is 8.78 Å². The number of fused-ring (bicyclic) bond motifs is 5. The van der Waals surface area contributed by atoms with Crippen molar-refractivity contribution >= 4 is 28.1 Å². The lowest BCUT2D eigenvalue weighted by molar-refractivity contribution is -0.112. The molecular formula is C32H34F2N6O3. The first-order chi connectivity index (χ1) is 20.8. The first-order valence-corrected chi connectivity index (χ1v) is 15.3. The predicted molar refractivity (Wildman–Crippen MR) is 157 cm³/mol. The van der Waals surface area contributed by atoms with Crippen molar-refractivity contribution in [3.63, 3.8) is 0 Å². The van der Waals surface area contributed by atoms with Crippen molar-refractivity contribution in [2.75, 3.05) is 37.7 Å². The van der Waals surface area contributed by atoms with E-state index in [0.717, 1.165) is 45.3 Å². The van der Waals surface area contributed by atoms with Crippen LogP contribution < -0.4 is 15.0 Å². The van der Waals surface area contributed by atoms with Crippen molar-refractivity contribution < 1.29 is 23.4 Å². The number of rotatable bonds is 5. The number of pyridine rings is 1. The molecule has 0 saturated carbocycles. The van der Waals surface area contributed by atoms with Gasteiger partial charge in [0.15, 0.2) is 11.6 Å². The Labute approximate surface area is 248 Å². The highest BCUT2D eigenvalue weighted by atomic mass is 19.1. The van der Waals surface area contributed by atoms with Gasteiger partial charge in [-0.15, -0.1) is 0 Å². The highest BCUT2D eigenvalue weighted by Gasteiger charge is 2.49. The molecule has 4 aliphatic heterocycles. The summed E-state index contributed by atoms with van der Waals surface area (Å²) < 4.78 is 37.4. The first kappa shape index (κ1) is 26.9. The lowest BCUT2D eigenvalue weighted by Gasteiger charge is -2.34. The number of phenolic OH excluding ortho intramolecular Hbond substituents is 1. The quantitative estimate of drug-likeness (QED) is 0.429. The maximum atomic E-state index is 16.7. The molecule has 4 atom stereocenters. The molecule has 6 heterocycles. The minimum absolute atomic E-state index is 0.00121. The molecule has 2 N–H and O–H groups in total. The SMILES string of the molecule is C/C=C1\C(=O)Cc2cc(O)cc(-c3ncc4c(N5C[C@H]6CC[C@@H](C5)N6)nc(OC[C@@]56CCCN5C[C@H](F)C6)nc4c3F)c21. The van der Waals surface area contributed by atoms with Crippen LogP contribution in [-0.4, -0.2) is 87.3 Å². The van der Waals surface area contributed by atoms with Crippen LogP contribution in [0.2, 0.25) is 0 Å². The fourth-order valence-electron chi connectivity index (χ4n) is 8.18. The molecule has 5 aliphatic rings. The second-order valence-electron chi connectivity index (χ2n) is 12.7. The molecule has 0 amide bonds. The van der Waals surface area contributed by atoms with Gasteiger partial charge in [0, 0.05) is 61.9 Å². The number of alkyl halides is 1. The molecule has 0 spiro atoms. The number of carbonyl (C=O) groups is 1. The van der Waals surface area contributed by atoms with E-state index in [-0.39, 0.29) is 41.8 Å². The fraction of sp³-hybridized carbons (Fsp3) is 0.500. The normalized spacial score (nSPS) is 29.2. The molecule has 1 aromatic carbocycles. The second-order valence-corrected chi connectivity index (χ2v) is 12.7. The molecule has 4 fully saturated rings. The van der Waals surface area contributed by atoms with E-state index in [2.05, 4.69) is 25.1 Å². The summed E-state index contributed by atoms with van der Waals surface area (Å²) in [4.78, 5) is 31.0. The third-order valence-corrected chi connectivity index (χ3v) is 10.1. The van der Waals surface area contributed by atoms with Crippen molar-refractivity contribution in [3.05, 3.63) is 41.3 Å². The van der Waals surface area contributed by atoms with Gasteiger partial charge in [-0.2, -0.15) is 9.97 Å². The van der Waals surface area contributed by atoms with Gasteiger partial charge < -0.3 is 20.1 Å². The van der Waals surface area contributed by atoms with Crippen molar-refractivity contribution in [1.82, 2.24) is 25.2 Å². The summed E-state index contributed by atoms with van der Waals surface area (Å²) in [7, 11) is 0. The molecule has 0 unspecified atom stereocenters. The lowest BCUT2D eigenvalue weighted by Crippen LogP contribution is -2.51. The van der Waals surface area contributed by atoms with Crippen LogP contribution in [0.15, 0.2) is 24.4 Å². The Morgan fingerprint density at radius 2 is 2.02 bits per heavy atom. The summed E-state index contributed by atoms with van der Waals surface area (Å²) in [5.41, 5.74) is 1.72. The number of anilines is 1. The summed E-state index contributed by atoms with van der Waals surface area (Å²) >= 11 is 0. The summed E-state index contributed by atoms with van der Waals surface area (Å²) in [5.74, 6) is -0.247. The number of nitrogens with zero attached hydrogens (tertiary/aromatic N) is 5. The molecule has 1 aliphatic carbocycles. The van der Waals surface area contributed by atoms with Crippen molar-refractivity contribution in [2.24, 2.45) is 0 Å². The number of aromatic nitrogens is 3. The minimum Gasteiger partial charge on any atom is -0.508 e. The number of benzene rings is 1. The minimum atomic E-state index is -0.891. The van der Waals surface area contributed by atoms with Crippen LogP contribution in [0.1, 0.15) is 50.2 Å². The Hall–Kier alpha value is -3.70. The van der Waals surface area contributed by atoms with E-state index < -0.39 is 17.5 Å². The fourth-order valence-corrected chi connectivity index (χ4v) is 8.18. The van der Waals surface area contributed by atoms with Crippen LogP contribution in [0, 0.1) is 5.82 Å². The third kappa shape index (κ3) is 4.30. The van der Waals surface area contributed by atoms with E-state index in [1.807, 2.05) is 0 Å². The highest BCUT2D eigenvalue weighted by molar-refractivity contribution is 6.27. The largest absolute Gasteiger partial charge is 0.508 e. The van der Waals surface area contributed by atoms with Crippen LogP contribution in [0.3, 0.4) is 0 Å².